The summed E-state index contributed by atoms with van der Waals surface area (Å²) in [5.74, 6) is 1.48. The first-order valence-corrected chi connectivity index (χ1v) is 8.67. The number of thioether (sulfide) groups is 1. The highest BCUT2D eigenvalue weighted by Crippen LogP contribution is 2.33. The highest BCUT2D eigenvalue weighted by Gasteiger charge is 2.28. The van der Waals surface area contributed by atoms with Crippen molar-refractivity contribution in [1.82, 2.24) is 10.2 Å². The lowest BCUT2D eigenvalue weighted by Gasteiger charge is -2.33. The van der Waals surface area contributed by atoms with Crippen LogP contribution in [0.4, 0.5) is 0 Å². The fourth-order valence-corrected chi connectivity index (χ4v) is 4.20. The molecule has 0 aliphatic carbocycles. The lowest BCUT2D eigenvalue weighted by Crippen LogP contribution is -2.48. The molecule has 122 valence electrons. The Hall–Kier alpha value is -0.330. The standard InChI is InChI=1S/C16H31N3OS/c1-11(8-14-9-13(6-7-17)10-21-14)12(2)15(19(4)5)16(20)18-3/h9,11,14-16,18,20H,2,6-8,10,17H2,1,3-5H3/t11-,14?,15?,16?/m1/s1. The van der Waals surface area contributed by atoms with Crippen molar-refractivity contribution >= 4 is 11.8 Å². The maximum Gasteiger partial charge on any atom is 0.124 e. The van der Waals surface area contributed by atoms with Crippen LogP contribution in [0.1, 0.15) is 19.8 Å². The molecule has 0 fully saturated rings. The average molecular weight is 314 g/mol. The molecule has 4 atom stereocenters. The summed E-state index contributed by atoms with van der Waals surface area (Å²) in [4.78, 5) is 2.03. The van der Waals surface area contributed by atoms with Crippen molar-refractivity contribution in [3.8, 4) is 0 Å². The van der Waals surface area contributed by atoms with Crippen LogP contribution < -0.4 is 11.1 Å². The van der Waals surface area contributed by atoms with Crippen LogP contribution in [-0.2, 0) is 0 Å². The largest absolute Gasteiger partial charge is 0.377 e. The number of nitrogens with zero attached hydrogens (tertiary/aromatic N) is 1. The number of nitrogens with one attached hydrogen (secondary N) is 1. The molecule has 0 bridgehead atoms. The Morgan fingerprint density at radius 1 is 1.62 bits per heavy atom. The van der Waals surface area contributed by atoms with Crippen LogP contribution in [0.5, 0.6) is 0 Å². The first-order chi connectivity index (χ1) is 9.90. The van der Waals surface area contributed by atoms with Gasteiger partial charge in [-0.15, -0.1) is 11.8 Å². The predicted molar refractivity (Wildman–Crippen MR) is 93.5 cm³/mol. The molecule has 1 heterocycles. The Labute approximate surface area is 133 Å². The van der Waals surface area contributed by atoms with Crippen molar-refractivity contribution in [1.29, 1.82) is 0 Å². The van der Waals surface area contributed by atoms with Crippen molar-refractivity contribution in [2.24, 2.45) is 11.7 Å². The molecule has 0 amide bonds. The lowest BCUT2D eigenvalue weighted by molar-refractivity contribution is 0.0683. The fraction of sp³-hybridized carbons (Fsp3) is 0.750. The summed E-state index contributed by atoms with van der Waals surface area (Å²) >= 11 is 1.99. The van der Waals surface area contributed by atoms with Crippen molar-refractivity contribution in [3.63, 3.8) is 0 Å². The summed E-state index contributed by atoms with van der Waals surface area (Å²) in [5.41, 5.74) is 8.18. The maximum absolute atomic E-state index is 10.1. The van der Waals surface area contributed by atoms with E-state index in [9.17, 15) is 5.11 Å². The van der Waals surface area contributed by atoms with E-state index in [2.05, 4.69) is 24.9 Å². The summed E-state index contributed by atoms with van der Waals surface area (Å²) in [7, 11) is 5.73. The van der Waals surface area contributed by atoms with Gasteiger partial charge in [-0.05, 0) is 46.4 Å². The van der Waals surface area contributed by atoms with Gasteiger partial charge in [0.05, 0.1) is 6.04 Å². The predicted octanol–water partition coefficient (Wildman–Crippen LogP) is 1.43. The molecule has 1 aliphatic heterocycles. The van der Waals surface area contributed by atoms with E-state index in [1.165, 1.54) is 5.57 Å². The molecule has 1 aliphatic rings. The second kappa shape index (κ2) is 8.96. The van der Waals surface area contributed by atoms with Gasteiger partial charge in [-0.2, -0.15) is 0 Å². The maximum atomic E-state index is 10.1. The van der Waals surface area contributed by atoms with Gasteiger partial charge in [-0.3, -0.25) is 10.2 Å². The molecule has 21 heavy (non-hydrogen) atoms. The molecule has 0 saturated carbocycles. The second-order valence-corrected chi connectivity index (χ2v) is 7.29. The van der Waals surface area contributed by atoms with E-state index in [0.717, 1.165) is 30.7 Å². The zero-order valence-electron chi connectivity index (χ0n) is 13.8. The fourth-order valence-electron chi connectivity index (χ4n) is 2.82. The number of hydrogen-bond donors (Lipinski definition) is 3. The van der Waals surface area contributed by atoms with Crippen molar-refractivity contribution in [2.45, 2.75) is 37.3 Å². The molecular weight excluding hydrogens is 282 g/mol. The van der Waals surface area contributed by atoms with Gasteiger partial charge < -0.3 is 10.8 Å². The molecule has 0 radical (unpaired) electrons. The van der Waals surface area contributed by atoms with Crippen LogP contribution in [-0.4, -0.2) is 61.0 Å². The summed E-state index contributed by atoms with van der Waals surface area (Å²) < 4.78 is 0. The number of hydrogen-bond acceptors (Lipinski definition) is 5. The van der Waals surface area contributed by atoms with Crippen LogP contribution in [0.25, 0.3) is 0 Å². The van der Waals surface area contributed by atoms with E-state index in [1.807, 2.05) is 30.8 Å². The first kappa shape index (κ1) is 18.7. The molecule has 0 saturated heterocycles. The molecule has 1 rings (SSSR count). The van der Waals surface area contributed by atoms with E-state index >= 15 is 0 Å². The Kier molecular flexibility index (Phi) is 7.98. The molecule has 0 aromatic heterocycles. The molecule has 0 aromatic carbocycles. The molecule has 4 N–H and O–H groups in total. The quantitative estimate of drug-likeness (QED) is 0.444. The summed E-state index contributed by atoms with van der Waals surface area (Å²) in [6.07, 6.45) is 3.87. The van der Waals surface area contributed by atoms with Crippen LogP contribution in [0.2, 0.25) is 0 Å². The highest BCUT2D eigenvalue weighted by atomic mass is 32.2. The highest BCUT2D eigenvalue weighted by molar-refractivity contribution is 8.00. The third kappa shape index (κ3) is 5.42. The summed E-state index contributed by atoms with van der Waals surface area (Å²) in [5, 5.41) is 13.6. The Morgan fingerprint density at radius 2 is 2.29 bits per heavy atom. The van der Waals surface area contributed by atoms with Gasteiger partial charge >= 0.3 is 0 Å². The van der Waals surface area contributed by atoms with Crippen molar-refractivity contribution < 1.29 is 5.11 Å². The van der Waals surface area contributed by atoms with Gasteiger partial charge in [0.2, 0.25) is 0 Å². The second-order valence-electron chi connectivity index (χ2n) is 6.07. The first-order valence-electron chi connectivity index (χ1n) is 7.62. The van der Waals surface area contributed by atoms with Crippen LogP contribution >= 0.6 is 11.8 Å². The minimum absolute atomic E-state index is 0.0658. The van der Waals surface area contributed by atoms with Gasteiger partial charge in [-0.25, -0.2) is 0 Å². The summed E-state index contributed by atoms with van der Waals surface area (Å²) in [6.45, 7) is 7.19. The van der Waals surface area contributed by atoms with Crippen LogP contribution in [0.3, 0.4) is 0 Å². The zero-order valence-corrected chi connectivity index (χ0v) is 14.6. The molecule has 4 nitrogen and oxygen atoms in total. The van der Waals surface area contributed by atoms with E-state index in [1.54, 1.807) is 7.05 Å². The Bertz CT molecular complexity index is 371. The lowest BCUT2D eigenvalue weighted by atomic mass is 9.89. The molecule has 0 aromatic rings. The molecule has 5 heteroatoms. The van der Waals surface area contributed by atoms with Crippen LogP contribution in [0, 0.1) is 5.92 Å². The Balaban J connectivity index is 2.61. The average Bonchev–Trinajstić information content (AvgIpc) is 2.85. The van der Waals surface area contributed by atoms with Gasteiger partial charge in [0.15, 0.2) is 0 Å². The molecule has 0 spiro atoms. The van der Waals surface area contributed by atoms with Crippen LogP contribution in [0.15, 0.2) is 23.8 Å². The number of aliphatic hydroxyl groups is 1. The van der Waals surface area contributed by atoms with Crippen molar-refractivity contribution in [2.75, 3.05) is 33.4 Å². The molecular formula is C16H31N3OS. The van der Waals surface area contributed by atoms with E-state index < -0.39 is 6.23 Å². The minimum atomic E-state index is -0.588. The van der Waals surface area contributed by atoms with E-state index in [0.29, 0.717) is 11.2 Å². The van der Waals surface area contributed by atoms with E-state index in [4.69, 9.17) is 5.73 Å². The number of aliphatic hydroxyl groups excluding tert-OH is 1. The minimum Gasteiger partial charge on any atom is -0.377 e. The van der Waals surface area contributed by atoms with Gasteiger partial charge in [0, 0.05) is 11.0 Å². The van der Waals surface area contributed by atoms with Crippen molar-refractivity contribution in [3.05, 3.63) is 23.8 Å². The normalized spacial score (nSPS) is 23.0. The molecule has 3 unspecified atom stereocenters. The Morgan fingerprint density at radius 3 is 2.81 bits per heavy atom. The van der Waals surface area contributed by atoms with Gasteiger partial charge in [0.1, 0.15) is 6.23 Å². The van der Waals surface area contributed by atoms with Gasteiger partial charge in [0.25, 0.3) is 0 Å². The van der Waals surface area contributed by atoms with Gasteiger partial charge in [-0.1, -0.05) is 30.7 Å². The SMILES string of the molecule is C=C(C(C(O)NC)N(C)C)[C@H](C)CC1C=C(CCN)CS1. The summed E-state index contributed by atoms with van der Waals surface area (Å²) in [6, 6.07) is -0.0658. The smallest absolute Gasteiger partial charge is 0.124 e. The third-order valence-electron chi connectivity index (χ3n) is 4.12. The van der Waals surface area contributed by atoms with E-state index in [-0.39, 0.29) is 6.04 Å². The number of rotatable bonds is 9. The monoisotopic (exact) mass is 313 g/mol. The zero-order chi connectivity index (χ0) is 16.0. The number of nitrogens with two attached hydrogens (primary N) is 1. The number of likely N-dealkylation sites (N-methyl/N-ethyl adjacent to an activating group) is 2. The topological polar surface area (TPSA) is 61.5 Å². The third-order valence-corrected chi connectivity index (χ3v) is 5.41.